The minimum Gasteiger partial charge on any atom is -0.495 e. The molecule has 2 bridgehead atoms. The number of nitrogens with one attached hydrogen (secondary N) is 1. The zero-order valence-electron chi connectivity index (χ0n) is 25.2. The van der Waals surface area contributed by atoms with Crippen molar-refractivity contribution in [1.29, 1.82) is 0 Å². The highest BCUT2D eigenvalue weighted by Crippen LogP contribution is 2.47. The van der Waals surface area contributed by atoms with Crippen LogP contribution in [-0.4, -0.2) is 52.5 Å². The molecule has 2 N–H and O–H groups in total. The second-order valence-corrected chi connectivity index (χ2v) is 13.0. The summed E-state index contributed by atoms with van der Waals surface area (Å²) in [6, 6.07) is 17.5. The number of rotatable bonds is 9. The Morgan fingerprint density at radius 2 is 1.70 bits per heavy atom. The third-order valence-corrected chi connectivity index (χ3v) is 9.88. The molecule has 2 aliphatic heterocycles. The van der Waals surface area contributed by atoms with Crippen molar-refractivity contribution in [1.82, 2.24) is 10.1 Å². The molecule has 4 aromatic rings. The number of carbonyl (C=O) groups excluding carboxylic acids is 1. The first-order chi connectivity index (χ1) is 22.3. The minimum absolute atomic E-state index is 0.00416. The number of halogens is 2. The van der Waals surface area contributed by atoms with E-state index >= 15 is 0 Å². The quantitative estimate of drug-likeness (QED) is 0.184. The average molecular weight is 663 g/mol. The molecule has 1 saturated carbocycles. The highest BCUT2D eigenvalue weighted by Gasteiger charge is 2.44. The number of nitrogens with zero attached hydrogens (tertiary/aromatic N) is 2. The third-order valence-electron chi connectivity index (χ3n) is 9.25. The van der Waals surface area contributed by atoms with E-state index in [0.29, 0.717) is 57.9 Å². The minimum atomic E-state index is -1.08. The van der Waals surface area contributed by atoms with E-state index in [-0.39, 0.29) is 35.5 Å². The molecule has 3 aliphatic rings. The predicted octanol–water partition coefficient (Wildman–Crippen LogP) is 8.64. The van der Waals surface area contributed by atoms with Crippen LogP contribution in [0.15, 0.2) is 65.2 Å². The number of carbonyl (C=O) groups is 2. The number of fused-ring (bicyclic) bond motifs is 2. The number of hydrogen-bond donors (Lipinski definition) is 2. The maximum absolute atomic E-state index is 13.8. The van der Waals surface area contributed by atoms with Gasteiger partial charge in [0.1, 0.15) is 17.2 Å². The summed E-state index contributed by atoms with van der Waals surface area (Å²) in [5.41, 5.74) is 3.89. The normalized spacial score (nSPS) is 20.5. The molecular formula is C35H33Cl2N3O6. The molecule has 3 fully saturated rings. The van der Waals surface area contributed by atoms with Crippen molar-refractivity contribution in [3.05, 3.63) is 87.6 Å². The van der Waals surface area contributed by atoms with Crippen molar-refractivity contribution in [2.45, 2.75) is 69.2 Å². The van der Waals surface area contributed by atoms with Gasteiger partial charge in [-0.05, 0) is 73.9 Å². The number of aromatic nitrogens is 1. The molecule has 2 saturated heterocycles. The van der Waals surface area contributed by atoms with E-state index in [0.717, 1.165) is 42.6 Å². The number of anilines is 1. The molecule has 238 valence electrons. The first-order valence-electron chi connectivity index (χ1n) is 15.5. The third kappa shape index (κ3) is 5.83. The van der Waals surface area contributed by atoms with Crippen LogP contribution in [0.3, 0.4) is 0 Å². The monoisotopic (exact) mass is 661 g/mol. The molecule has 7 rings (SSSR count). The number of carboxylic acid groups (broad SMARTS) is 1. The standard InChI is InChI=1S/C35H33Cl2N3O6/c1-44-30-17-25(34(41)42)24(19-6-3-2-4-7-19)16-29(30)38-35(43)40-21-12-13-22(40)15-23(14-21)45-18-26-32(39-46-33(26)20-10-11-20)31-27(36)8-5-9-28(31)37/h2-9,16-17,20-23H,10-15,18H2,1H3,(H,38,43)(H,41,42). The van der Waals surface area contributed by atoms with E-state index in [1.807, 2.05) is 35.2 Å². The summed E-state index contributed by atoms with van der Waals surface area (Å²) < 4.78 is 17.9. The number of benzene rings is 3. The van der Waals surface area contributed by atoms with Crippen LogP contribution in [0.1, 0.15) is 66.1 Å². The number of aromatic carboxylic acids is 1. The van der Waals surface area contributed by atoms with Gasteiger partial charge in [0.15, 0.2) is 0 Å². The summed E-state index contributed by atoms with van der Waals surface area (Å²) in [6.45, 7) is 0.317. The summed E-state index contributed by atoms with van der Waals surface area (Å²) in [5, 5.41) is 18.3. The number of piperidine rings is 1. The highest BCUT2D eigenvalue weighted by atomic mass is 35.5. The van der Waals surface area contributed by atoms with E-state index in [1.54, 1.807) is 24.3 Å². The number of methoxy groups -OCH3 is 1. The van der Waals surface area contributed by atoms with Crippen LogP contribution < -0.4 is 10.1 Å². The summed E-state index contributed by atoms with van der Waals surface area (Å²) in [6.07, 6.45) is 5.19. The number of carboxylic acids is 1. The summed E-state index contributed by atoms with van der Waals surface area (Å²) in [7, 11) is 1.46. The van der Waals surface area contributed by atoms with Crippen molar-refractivity contribution < 1.29 is 28.7 Å². The molecule has 1 aliphatic carbocycles. The Balaban J connectivity index is 1.07. The Hall–Kier alpha value is -4.05. The molecule has 0 spiro atoms. The van der Waals surface area contributed by atoms with Gasteiger partial charge in [-0.2, -0.15) is 0 Å². The molecule has 2 amide bonds. The van der Waals surface area contributed by atoms with Crippen LogP contribution >= 0.6 is 23.2 Å². The van der Waals surface area contributed by atoms with Crippen molar-refractivity contribution in [3.8, 4) is 28.1 Å². The van der Waals surface area contributed by atoms with Crippen LogP contribution in [0.2, 0.25) is 10.0 Å². The van der Waals surface area contributed by atoms with Gasteiger partial charge in [0, 0.05) is 29.1 Å². The van der Waals surface area contributed by atoms with E-state index in [9.17, 15) is 14.7 Å². The van der Waals surface area contributed by atoms with Crippen molar-refractivity contribution >= 4 is 40.9 Å². The van der Waals surface area contributed by atoms with Crippen LogP contribution in [0, 0.1) is 0 Å². The maximum atomic E-state index is 13.8. The van der Waals surface area contributed by atoms with E-state index in [4.69, 9.17) is 37.2 Å². The first-order valence-corrected chi connectivity index (χ1v) is 16.2. The lowest BCUT2D eigenvalue weighted by molar-refractivity contribution is -0.0158. The molecule has 11 heteroatoms. The molecule has 46 heavy (non-hydrogen) atoms. The Labute approximate surface area is 276 Å². The van der Waals surface area contributed by atoms with Crippen LogP contribution in [-0.2, 0) is 11.3 Å². The van der Waals surface area contributed by atoms with Gasteiger partial charge in [-0.25, -0.2) is 9.59 Å². The van der Waals surface area contributed by atoms with Crippen LogP contribution in [0.5, 0.6) is 5.75 Å². The van der Waals surface area contributed by atoms with Crippen molar-refractivity contribution in [3.63, 3.8) is 0 Å². The molecule has 2 unspecified atom stereocenters. The Morgan fingerprint density at radius 1 is 1.00 bits per heavy atom. The summed E-state index contributed by atoms with van der Waals surface area (Å²) in [4.78, 5) is 27.8. The molecular weight excluding hydrogens is 629 g/mol. The fraction of sp³-hybridized carbons (Fsp3) is 0.343. The topological polar surface area (TPSA) is 114 Å². The lowest BCUT2D eigenvalue weighted by Gasteiger charge is -2.38. The van der Waals surface area contributed by atoms with Crippen molar-refractivity contribution in [2.24, 2.45) is 0 Å². The summed E-state index contributed by atoms with van der Waals surface area (Å²) >= 11 is 13.1. The Kier molecular flexibility index (Phi) is 8.40. The van der Waals surface area contributed by atoms with Gasteiger partial charge in [-0.1, -0.05) is 64.8 Å². The average Bonchev–Trinajstić information content (AvgIpc) is 3.75. The zero-order valence-corrected chi connectivity index (χ0v) is 26.7. The van der Waals surface area contributed by atoms with Gasteiger partial charge in [0.2, 0.25) is 0 Å². The lowest BCUT2D eigenvalue weighted by Crippen LogP contribution is -2.50. The van der Waals surface area contributed by atoms with Gasteiger partial charge < -0.3 is 29.3 Å². The fourth-order valence-electron chi connectivity index (χ4n) is 6.90. The SMILES string of the molecule is COc1cc(C(=O)O)c(-c2ccccc2)cc1NC(=O)N1C2CCC1CC(OCc1c(-c3c(Cl)cccc3Cl)noc1C1CC1)C2. The second-order valence-electron chi connectivity index (χ2n) is 12.1. The van der Waals surface area contributed by atoms with Crippen LogP contribution in [0.25, 0.3) is 22.4 Å². The van der Waals surface area contributed by atoms with E-state index in [2.05, 4.69) is 10.5 Å². The van der Waals surface area contributed by atoms with Crippen molar-refractivity contribution in [2.75, 3.05) is 12.4 Å². The van der Waals surface area contributed by atoms with Crippen LogP contribution in [0.4, 0.5) is 10.5 Å². The smallest absolute Gasteiger partial charge is 0.336 e. The maximum Gasteiger partial charge on any atom is 0.336 e. The zero-order chi connectivity index (χ0) is 31.9. The predicted molar refractivity (Wildman–Crippen MR) is 175 cm³/mol. The molecule has 0 radical (unpaired) electrons. The fourth-order valence-corrected chi connectivity index (χ4v) is 7.48. The molecule has 3 aromatic carbocycles. The molecule has 1 aromatic heterocycles. The highest BCUT2D eigenvalue weighted by molar-refractivity contribution is 6.39. The second kappa shape index (κ2) is 12.6. The first kappa shape index (κ1) is 30.6. The van der Waals surface area contributed by atoms with Gasteiger partial charge in [0.25, 0.3) is 0 Å². The number of urea groups is 1. The lowest BCUT2D eigenvalue weighted by atomic mass is 9.98. The number of ether oxygens (including phenoxy) is 2. The molecule has 2 atom stereocenters. The van der Waals surface area contributed by atoms with Gasteiger partial charge in [-0.15, -0.1) is 0 Å². The Bertz CT molecular complexity index is 1760. The molecule has 9 nitrogen and oxygen atoms in total. The van der Waals surface area contributed by atoms with E-state index < -0.39 is 5.97 Å². The van der Waals surface area contributed by atoms with Gasteiger partial charge in [-0.3, -0.25) is 0 Å². The van der Waals surface area contributed by atoms with Gasteiger partial charge >= 0.3 is 12.0 Å². The molecule has 3 heterocycles. The van der Waals surface area contributed by atoms with E-state index in [1.165, 1.54) is 13.2 Å². The largest absolute Gasteiger partial charge is 0.495 e. The summed E-state index contributed by atoms with van der Waals surface area (Å²) in [5.74, 6) is 0.369. The number of hydrogen-bond acceptors (Lipinski definition) is 6. The van der Waals surface area contributed by atoms with Gasteiger partial charge in [0.05, 0.1) is 41.1 Å². The Morgan fingerprint density at radius 3 is 2.33 bits per heavy atom. The number of amides is 2.